The van der Waals surface area contributed by atoms with Crippen LogP contribution in [0.2, 0.25) is 10.0 Å². The van der Waals surface area contributed by atoms with Crippen molar-refractivity contribution in [2.75, 3.05) is 26.9 Å². The fourth-order valence-corrected chi connectivity index (χ4v) is 4.30. The Morgan fingerprint density at radius 1 is 1.19 bits per heavy atom. The lowest BCUT2D eigenvalue weighted by Crippen LogP contribution is -2.30. The summed E-state index contributed by atoms with van der Waals surface area (Å²) >= 11 is 12.3. The van der Waals surface area contributed by atoms with Gasteiger partial charge in [-0.25, -0.2) is 0 Å². The van der Waals surface area contributed by atoms with Gasteiger partial charge < -0.3 is 24.6 Å². The number of ketones is 1. The quantitative estimate of drug-likeness (QED) is 0.334. The molecule has 1 atom stereocenters. The molecule has 1 amide bonds. The fraction of sp³-hybridized carbons (Fsp3) is 0.304. The van der Waals surface area contributed by atoms with E-state index in [0.717, 1.165) is 0 Å². The van der Waals surface area contributed by atoms with Crippen LogP contribution >= 0.6 is 23.2 Å². The standard InChI is InChI=1S/C23H23Cl2NO6/c1-3-7-26-19(13-5-4-6-15(10-13)32-9-8-27)18(21(29)23(26)30)20(28)16-11-14(24)12-17(25)22(16)31-2/h4-6,10-12,19,27-28H,3,7-9H2,1-2H3/b20-18+. The van der Waals surface area contributed by atoms with Gasteiger partial charge in [0.05, 0.1) is 35.9 Å². The maximum atomic E-state index is 13.0. The van der Waals surface area contributed by atoms with Crippen molar-refractivity contribution in [3.8, 4) is 11.5 Å². The monoisotopic (exact) mass is 479 g/mol. The molecule has 2 aromatic rings. The van der Waals surface area contributed by atoms with Crippen LogP contribution in [-0.2, 0) is 9.59 Å². The minimum Gasteiger partial charge on any atom is -0.507 e. The molecule has 1 heterocycles. The fourth-order valence-electron chi connectivity index (χ4n) is 3.72. The molecule has 0 bridgehead atoms. The van der Waals surface area contributed by atoms with Crippen molar-refractivity contribution >= 4 is 40.7 Å². The van der Waals surface area contributed by atoms with E-state index in [1.165, 1.54) is 24.1 Å². The highest BCUT2D eigenvalue weighted by molar-refractivity contribution is 6.46. The summed E-state index contributed by atoms with van der Waals surface area (Å²) in [5.74, 6) is -1.38. The molecule has 9 heteroatoms. The Balaban J connectivity index is 2.23. The van der Waals surface area contributed by atoms with Gasteiger partial charge in [0.1, 0.15) is 23.9 Å². The minimum atomic E-state index is -0.852. The van der Waals surface area contributed by atoms with Crippen LogP contribution in [0.5, 0.6) is 11.5 Å². The zero-order chi connectivity index (χ0) is 23.4. The topological polar surface area (TPSA) is 96.3 Å². The number of carbonyl (C=O) groups is 2. The summed E-state index contributed by atoms with van der Waals surface area (Å²) in [5, 5.41) is 20.6. The largest absolute Gasteiger partial charge is 0.507 e. The van der Waals surface area contributed by atoms with Crippen molar-refractivity contribution in [3.05, 3.63) is 63.1 Å². The number of benzene rings is 2. The molecule has 1 aliphatic heterocycles. The zero-order valence-corrected chi connectivity index (χ0v) is 19.1. The van der Waals surface area contributed by atoms with Crippen molar-refractivity contribution in [1.29, 1.82) is 0 Å². The van der Waals surface area contributed by atoms with Crippen molar-refractivity contribution in [2.45, 2.75) is 19.4 Å². The molecule has 0 saturated carbocycles. The third-order valence-electron chi connectivity index (χ3n) is 5.01. The summed E-state index contributed by atoms with van der Waals surface area (Å²) < 4.78 is 10.8. The molecular formula is C23H23Cl2NO6. The minimum absolute atomic E-state index is 0.0941. The van der Waals surface area contributed by atoms with Gasteiger partial charge in [-0.3, -0.25) is 9.59 Å². The zero-order valence-electron chi connectivity index (χ0n) is 17.6. The average molecular weight is 480 g/mol. The summed E-state index contributed by atoms with van der Waals surface area (Å²) in [7, 11) is 1.38. The van der Waals surface area contributed by atoms with Gasteiger partial charge in [-0.1, -0.05) is 42.3 Å². The molecule has 0 spiro atoms. The van der Waals surface area contributed by atoms with Crippen molar-refractivity contribution in [3.63, 3.8) is 0 Å². The predicted octanol–water partition coefficient (Wildman–Crippen LogP) is 4.20. The van der Waals surface area contributed by atoms with Crippen LogP contribution in [0, 0.1) is 0 Å². The molecule has 2 N–H and O–H groups in total. The maximum absolute atomic E-state index is 13.0. The molecule has 1 saturated heterocycles. The first-order chi connectivity index (χ1) is 15.3. The van der Waals surface area contributed by atoms with Gasteiger partial charge in [-0.05, 0) is 36.2 Å². The number of hydrogen-bond donors (Lipinski definition) is 2. The lowest BCUT2D eigenvalue weighted by atomic mass is 9.94. The number of Topliss-reactive ketones (excluding diaryl/α,β-unsaturated/α-hetero) is 1. The Kier molecular flexibility index (Phi) is 7.66. The van der Waals surface area contributed by atoms with Crippen LogP contribution in [0.15, 0.2) is 42.0 Å². The van der Waals surface area contributed by atoms with Gasteiger partial charge in [0.2, 0.25) is 0 Å². The molecule has 1 aliphatic rings. The number of aliphatic hydroxyl groups excluding tert-OH is 2. The summed E-state index contributed by atoms with van der Waals surface area (Å²) in [4.78, 5) is 27.3. The molecule has 32 heavy (non-hydrogen) atoms. The van der Waals surface area contributed by atoms with E-state index in [0.29, 0.717) is 24.3 Å². The average Bonchev–Trinajstić information content (AvgIpc) is 3.02. The highest BCUT2D eigenvalue weighted by atomic mass is 35.5. The van der Waals surface area contributed by atoms with E-state index in [4.69, 9.17) is 37.8 Å². The normalized spacial score (nSPS) is 17.7. The van der Waals surface area contributed by atoms with Crippen LogP contribution in [0.4, 0.5) is 0 Å². The molecule has 3 rings (SSSR count). The number of hydrogen-bond acceptors (Lipinski definition) is 6. The number of halogens is 2. The number of rotatable bonds is 8. The van der Waals surface area contributed by atoms with E-state index >= 15 is 0 Å². The SMILES string of the molecule is CCCN1C(=O)C(=O)/C(=C(/O)c2cc(Cl)cc(Cl)c2OC)C1c1cccc(OCCO)c1. The Morgan fingerprint density at radius 2 is 1.94 bits per heavy atom. The first kappa shape index (κ1) is 23.9. The van der Waals surface area contributed by atoms with Crippen molar-refractivity contribution in [2.24, 2.45) is 0 Å². The van der Waals surface area contributed by atoms with Crippen LogP contribution in [0.25, 0.3) is 5.76 Å². The molecular weight excluding hydrogens is 457 g/mol. The number of amides is 1. The summed E-state index contributed by atoms with van der Waals surface area (Å²) in [6.07, 6.45) is 0.608. The van der Waals surface area contributed by atoms with E-state index in [1.54, 1.807) is 24.3 Å². The van der Waals surface area contributed by atoms with E-state index < -0.39 is 23.5 Å². The molecule has 0 aromatic heterocycles. The lowest BCUT2D eigenvalue weighted by Gasteiger charge is -2.25. The molecule has 7 nitrogen and oxygen atoms in total. The number of nitrogens with zero attached hydrogens (tertiary/aromatic N) is 1. The highest BCUT2D eigenvalue weighted by Gasteiger charge is 2.46. The summed E-state index contributed by atoms with van der Waals surface area (Å²) in [5.41, 5.74) is 0.582. The van der Waals surface area contributed by atoms with E-state index in [-0.39, 0.29) is 40.1 Å². The molecule has 170 valence electrons. The summed E-state index contributed by atoms with van der Waals surface area (Å²) in [6, 6.07) is 8.84. The molecule has 1 unspecified atom stereocenters. The second-order valence-corrected chi connectivity index (χ2v) is 7.95. The molecule has 0 radical (unpaired) electrons. The number of methoxy groups -OCH3 is 1. The van der Waals surface area contributed by atoms with Crippen LogP contribution in [-0.4, -0.2) is 53.7 Å². The third kappa shape index (κ3) is 4.55. The van der Waals surface area contributed by atoms with E-state index in [9.17, 15) is 14.7 Å². The highest BCUT2D eigenvalue weighted by Crippen LogP contribution is 2.43. The van der Waals surface area contributed by atoms with Crippen molar-refractivity contribution in [1.82, 2.24) is 4.90 Å². The van der Waals surface area contributed by atoms with Crippen molar-refractivity contribution < 1.29 is 29.3 Å². The maximum Gasteiger partial charge on any atom is 0.295 e. The number of ether oxygens (including phenoxy) is 2. The molecule has 0 aliphatic carbocycles. The molecule has 1 fully saturated rings. The van der Waals surface area contributed by atoms with Gasteiger partial charge in [0.15, 0.2) is 0 Å². The first-order valence-electron chi connectivity index (χ1n) is 9.99. The summed E-state index contributed by atoms with van der Waals surface area (Å²) in [6.45, 7) is 2.13. The Morgan fingerprint density at radius 3 is 2.59 bits per heavy atom. The van der Waals surface area contributed by atoms with Crippen LogP contribution in [0.1, 0.15) is 30.5 Å². The van der Waals surface area contributed by atoms with Crippen LogP contribution < -0.4 is 9.47 Å². The Labute approximate surface area is 195 Å². The number of likely N-dealkylation sites (tertiary alicyclic amines) is 1. The molecule has 2 aromatic carbocycles. The van der Waals surface area contributed by atoms with Gasteiger partial charge in [0.25, 0.3) is 11.7 Å². The predicted molar refractivity (Wildman–Crippen MR) is 121 cm³/mol. The number of aliphatic hydroxyl groups is 2. The Hall–Kier alpha value is -2.74. The van der Waals surface area contributed by atoms with Gasteiger partial charge in [0, 0.05) is 11.6 Å². The second kappa shape index (κ2) is 10.3. The lowest BCUT2D eigenvalue weighted by molar-refractivity contribution is -0.139. The smallest absolute Gasteiger partial charge is 0.295 e. The first-order valence-corrected chi connectivity index (χ1v) is 10.7. The second-order valence-electron chi connectivity index (χ2n) is 7.11. The van der Waals surface area contributed by atoms with E-state index in [2.05, 4.69) is 0 Å². The Bertz CT molecular complexity index is 1070. The third-order valence-corrected chi connectivity index (χ3v) is 5.50. The van der Waals surface area contributed by atoms with Crippen LogP contribution in [0.3, 0.4) is 0 Å². The van der Waals surface area contributed by atoms with E-state index in [1.807, 2.05) is 6.92 Å². The number of carbonyl (C=O) groups excluding carboxylic acids is 2. The van der Waals surface area contributed by atoms with Gasteiger partial charge >= 0.3 is 0 Å². The van der Waals surface area contributed by atoms with Gasteiger partial charge in [-0.2, -0.15) is 0 Å². The van der Waals surface area contributed by atoms with Gasteiger partial charge in [-0.15, -0.1) is 0 Å².